The predicted octanol–water partition coefficient (Wildman–Crippen LogP) is 6.28. The summed E-state index contributed by atoms with van der Waals surface area (Å²) >= 11 is 9.48. The number of carbonyl (C=O) groups is 2. The Bertz CT molecular complexity index is 1790. The summed E-state index contributed by atoms with van der Waals surface area (Å²) in [7, 11) is 0. The van der Waals surface area contributed by atoms with Gasteiger partial charge in [0.1, 0.15) is 17.3 Å². The average Bonchev–Trinajstić information content (AvgIpc) is 3.28. The maximum absolute atomic E-state index is 14.5. The lowest BCUT2D eigenvalue weighted by molar-refractivity contribution is -0.153. The first-order chi connectivity index (χ1) is 20.8. The van der Waals surface area contributed by atoms with Crippen LogP contribution in [0.4, 0.5) is 17.6 Å². The third kappa shape index (κ3) is 6.53. The summed E-state index contributed by atoms with van der Waals surface area (Å²) in [6.45, 7) is 0.189. The number of imidazole rings is 1. The van der Waals surface area contributed by atoms with Gasteiger partial charge in [-0.1, -0.05) is 29.8 Å². The summed E-state index contributed by atoms with van der Waals surface area (Å²) in [6.07, 6.45) is -4.54. The van der Waals surface area contributed by atoms with E-state index < -0.39 is 36.2 Å². The zero-order chi connectivity index (χ0) is 31.8. The summed E-state index contributed by atoms with van der Waals surface area (Å²) in [6, 6.07) is 15.1. The van der Waals surface area contributed by atoms with E-state index in [1.165, 1.54) is 58.0 Å². The topological polar surface area (TPSA) is 85.6 Å². The lowest BCUT2D eigenvalue weighted by Crippen LogP contribution is -2.41. The molecule has 1 aliphatic heterocycles. The second kappa shape index (κ2) is 12.5. The van der Waals surface area contributed by atoms with Crippen LogP contribution in [0, 0.1) is 5.82 Å². The fraction of sp³-hybridized carbons (Fsp3) is 0.233. The molecule has 5 rings (SSSR count). The number of ether oxygens (including phenoxy) is 1. The van der Waals surface area contributed by atoms with Crippen LogP contribution >= 0.6 is 27.5 Å². The molecular formula is C30H24BrClF4N4O4. The van der Waals surface area contributed by atoms with Crippen molar-refractivity contribution >= 4 is 39.3 Å². The van der Waals surface area contributed by atoms with Crippen molar-refractivity contribution in [3.05, 3.63) is 115 Å². The molecule has 1 N–H and O–H groups in total. The van der Waals surface area contributed by atoms with E-state index >= 15 is 0 Å². The average molecular weight is 696 g/mol. The number of carbonyl (C=O) groups excluding carboxylic acids is 2. The smallest absolute Gasteiger partial charge is 0.422 e. The van der Waals surface area contributed by atoms with E-state index in [4.69, 9.17) is 16.3 Å². The van der Waals surface area contributed by atoms with Crippen LogP contribution in [0.25, 0.3) is 5.69 Å². The highest BCUT2D eigenvalue weighted by Crippen LogP contribution is 2.27. The fourth-order valence-corrected chi connectivity index (χ4v) is 5.37. The molecule has 8 nitrogen and oxygen atoms in total. The number of amides is 2. The van der Waals surface area contributed by atoms with E-state index in [-0.39, 0.29) is 53.9 Å². The van der Waals surface area contributed by atoms with Crippen molar-refractivity contribution in [2.45, 2.75) is 32.2 Å². The van der Waals surface area contributed by atoms with Crippen LogP contribution in [-0.2, 0) is 13.1 Å². The maximum atomic E-state index is 14.5. The van der Waals surface area contributed by atoms with Crippen LogP contribution in [0.1, 0.15) is 45.1 Å². The summed E-state index contributed by atoms with van der Waals surface area (Å²) in [5.41, 5.74) is 0.242. The summed E-state index contributed by atoms with van der Waals surface area (Å²) in [4.78, 5) is 42.4. The third-order valence-electron chi connectivity index (χ3n) is 7.06. The van der Waals surface area contributed by atoms with Crippen molar-refractivity contribution < 1.29 is 31.9 Å². The molecule has 0 radical (unpaired) electrons. The highest BCUT2D eigenvalue weighted by Gasteiger charge is 2.33. The molecule has 1 aliphatic rings. The van der Waals surface area contributed by atoms with Gasteiger partial charge in [0.2, 0.25) is 0 Å². The van der Waals surface area contributed by atoms with Gasteiger partial charge in [-0.15, -0.1) is 0 Å². The highest BCUT2D eigenvalue weighted by molar-refractivity contribution is 9.10. The molecule has 44 heavy (non-hydrogen) atoms. The Morgan fingerprint density at radius 1 is 1.07 bits per heavy atom. The Morgan fingerprint density at radius 3 is 2.43 bits per heavy atom. The Kier molecular flexibility index (Phi) is 8.89. The minimum atomic E-state index is -4.54. The molecule has 2 amide bonds. The Hall–Kier alpha value is -4.10. The van der Waals surface area contributed by atoms with Gasteiger partial charge in [-0.3, -0.25) is 18.7 Å². The summed E-state index contributed by atoms with van der Waals surface area (Å²) in [5.74, 6) is -1.71. The van der Waals surface area contributed by atoms with E-state index in [0.29, 0.717) is 15.1 Å². The lowest BCUT2D eigenvalue weighted by atomic mass is 10.1. The van der Waals surface area contributed by atoms with Crippen molar-refractivity contribution in [1.82, 2.24) is 19.4 Å². The van der Waals surface area contributed by atoms with Gasteiger partial charge < -0.3 is 15.0 Å². The number of hydrogen-bond donors (Lipinski definition) is 1. The number of halogens is 6. The first-order valence-corrected chi connectivity index (χ1v) is 14.4. The first-order valence-electron chi connectivity index (χ1n) is 13.3. The van der Waals surface area contributed by atoms with E-state index in [9.17, 15) is 31.9 Å². The van der Waals surface area contributed by atoms with Crippen LogP contribution in [-0.4, -0.2) is 45.2 Å². The number of benzene rings is 3. The predicted molar refractivity (Wildman–Crippen MR) is 158 cm³/mol. The van der Waals surface area contributed by atoms with Gasteiger partial charge in [-0.25, -0.2) is 9.18 Å². The molecule has 2 heterocycles. The molecule has 0 fully saturated rings. The van der Waals surface area contributed by atoms with E-state index in [1.54, 1.807) is 25.1 Å². The van der Waals surface area contributed by atoms with Crippen molar-refractivity contribution in [2.75, 3.05) is 13.2 Å². The van der Waals surface area contributed by atoms with E-state index in [1.807, 2.05) is 0 Å². The van der Waals surface area contributed by atoms with E-state index in [0.717, 1.165) is 4.57 Å². The van der Waals surface area contributed by atoms with Crippen molar-refractivity contribution in [3.63, 3.8) is 0 Å². The Balaban J connectivity index is 1.53. The molecule has 4 aromatic rings. The maximum Gasteiger partial charge on any atom is 0.422 e. The molecule has 1 aromatic heterocycles. The number of hydrogen-bond acceptors (Lipinski definition) is 4. The largest absolute Gasteiger partial charge is 0.484 e. The van der Waals surface area contributed by atoms with Gasteiger partial charge in [0.05, 0.1) is 29.0 Å². The second-order valence-electron chi connectivity index (χ2n) is 10.0. The molecule has 0 saturated heterocycles. The van der Waals surface area contributed by atoms with Crippen LogP contribution in [0.5, 0.6) is 5.75 Å². The van der Waals surface area contributed by atoms with Gasteiger partial charge in [0.15, 0.2) is 6.61 Å². The molecule has 230 valence electrons. The number of nitrogens with one attached hydrogen (secondary N) is 1. The monoisotopic (exact) mass is 694 g/mol. The zero-order valence-corrected chi connectivity index (χ0v) is 25.3. The molecule has 14 heteroatoms. The molecule has 1 atom stereocenters. The first kappa shape index (κ1) is 31.3. The standard InChI is InChI=1S/C30H24BrClF4N4O4/c1-17(21-4-2-3-5-24(21)33)37-27(41)26-25-15-38(28(42)18-6-11-22(31)23(32)14-18)12-13-39(25)29(43)40(26)19-7-9-20(10-8-19)44-16-30(34,35)36/h2-11,14,17H,12-13,15-16H2,1H3,(H,37,41)/t17-/m0/s1. The number of rotatable bonds is 7. The Labute approximate surface area is 261 Å². The van der Waals surface area contributed by atoms with Gasteiger partial charge in [-0.05, 0) is 71.4 Å². The fourth-order valence-electron chi connectivity index (χ4n) is 4.94. The van der Waals surface area contributed by atoms with Gasteiger partial charge in [0, 0.05) is 28.7 Å². The van der Waals surface area contributed by atoms with E-state index in [2.05, 4.69) is 21.2 Å². The normalized spacial score (nSPS) is 13.8. The van der Waals surface area contributed by atoms with Crippen molar-refractivity contribution in [1.29, 1.82) is 0 Å². The van der Waals surface area contributed by atoms with Crippen LogP contribution in [0.2, 0.25) is 5.02 Å². The molecule has 0 spiro atoms. The number of aromatic nitrogens is 2. The number of nitrogens with zero attached hydrogens (tertiary/aromatic N) is 3. The third-order valence-corrected chi connectivity index (χ3v) is 8.30. The molecule has 0 unspecified atom stereocenters. The lowest BCUT2D eigenvalue weighted by Gasteiger charge is -2.28. The quantitative estimate of drug-likeness (QED) is 0.231. The second-order valence-corrected chi connectivity index (χ2v) is 11.3. The van der Waals surface area contributed by atoms with Crippen LogP contribution in [0.3, 0.4) is 0 Å². The van der Waals surface area contributed by atoms with Gasteiger partial charge in [-0.2, -0.15) is 13.2 Å². The van der Waals surface area contributed by atoms with Gasteiger partial charge in [0.25, 0.3) is 11.8 Å². The van der Waals surface area contributed by atoms with Crippen molar-refractivity contribution in [3.8, 4) is 11.4 Å². The minimum Gasteiger partial charge on any atom is -0.484 e. The highest BCUT2D eigenvalue weighted by atomic mass is 79.9. The molecule has 3 aromatic carbocycles. The SMILES string of the molecule is C[C@H](NC(=O)c1c2n(c(=O)n1-c1ccc(OCC(F)(F)F)cc1)CCN(C(=O)c1ccc(Br)c(Cl)c1)C2)c1ccccc1F. The molecular weight excluding hydrogens is 672 g/mol. The number of fused-ring (bicyclic) bond motifs is 1. The number of alkyl halides is 3. The van der Waals surface area contributed by atoms with Crippen LogP contribution < -0.4 is 15.7 Å². The zero-order valence-electron chi connectivity index (χ0n) is 23.0. The molecule has 0 aliphatic carbocycles. The van der Waals surface area contributed by atoms with Gasteiger partial charge >= 0.3 is 11.9 Å². The summed E-state index contributed by atoms with van der Waals surface area (Å²) < 4.78 is 60.2. The molecule has 0 bridgehead atoms. The minimum absolute atomic E-state index is 0.0626. The molecule has 0 saturated carbocycles. The Morgan fingerprint density at radius 2 is 1.77 bits per heavy atom. The van der Waals surface area contributed by atoms with Crippen molar-refractivity contribution in [2.24, 2.45) is 0 Å². The van der Waals surface area contributed by atoms with Crippen LogP contribution in [0.15, 0.2) is 76.0 Å². The summed E-state index contributed by atoms with van der Waals surface area (Å²) in [5, 5.41) is 3.07.